The quantitative estimate of drug-likeness (QED) is 0.733. The number of carbonyl (C=O) groups is 2. The number of nitrogens with zero attached hydrogens (tertiary/aromatic N) is 1. The monoisotopic (exact) mass is 202 g/mol. The highest BCUT2D eigenvalue weighted by atomic mass is 16.6. The average molecular weight is 202 g/mol. The Labute approximate surface area is 84.2 Å². The third kappa shape index (κ3) is 6.28. The van der Waals surface area contributed by atoms with Crippen molar-refractivity contribution < 1.29 is 14.3 Å². The highest BCUT2D eigenvalue weighted by molar-refractivity contribution is 5.75. The second kappa shape index (κ2) is 4.83. The van der Waals surface area contributed by atoms with Crippen LogP contribution in [-0.2, 0) is 9.53 Å². The highest BCUT2D eigenvalue weighted by Gasteiger charge is 2.19. The van der Waals surface area contributed by atoms with Gasteiger partial charge in [-0.1, -0.05) is 0 Å². The molecule has 0 bridgehead atoms. The fourth-order valence-corrected chi connectivity index (χ4v) is 0.709. The minimum absolute atomic E-state index is 0.149. The molecule has 2 amide bonds. The summed E-state index contributed by atoms with van der Waals surface area (Å²) >= 11 is 0. The summed E-state index contributed by atoms with van der Waals surface area (Å²) in [5, 5.41) is 0. The van der Waals surface area contributed by atoms with Gasteiger partial charge in [-0.25, -0.2) is 4.79 Å². The maximum atomic E-state index is 11.3. The first-order valence-electron chi connectivity index (χ1n) is 4.45. The van der Waals surface area contributed by atoms with Gasteiger partial charge in [0.2, 0.25) is 5.91 Å². The maximum Gasteiger partial charge on any atom is 0.410 e. The van der Waals surface area contributed by atoms with Gasteiger partial charge < -0.3 is 15.4 Å². The molecule has 0 atom stereocenters. The van der Waals surface area contributed by atoms with Crippen LogP contribution in [-0.4, -0.2) is 36.1 Å². The fourth-order valence-electron chi connectivity index (χ4n) is 0.709. The molecule has 14 heavy (non-hydrogen) atoms. The number of hydrogen-bond acceptors (Lipinski definition) is 3. The van der Waals surface area contributed by atoms with Crippen molar-refractivity contribution in [3.63, 3.8) is 0 Å². The molecule has 82 valence electrons. The van der Waals surface area contributed by atoms with E-state index in [2.05, 4.69) is 0 Å². The van der Waals surface area contributed by atoms with Crippen LogP contribution in [0.25, 0.3) is 0 Å². The number of amides is 2. The lowest BCUT2D eigenvalue weighted by Gasteiger charge is -2.24. The molecule has 0 aromatic carbocycles. The van der Waals surface area contributed by atoms with Gasteiger partial charge in [-0.05, 0) is 20.8 Å². The molecule has 0 saturated carbocycles. The van der Waals surface area contributed by atoms with E-state index in [0.29, 0.717) is 0 Å². The predicted molar refractivity (Wildman–Crippen MR) is 52.7 cm³/mol. The van der Waals surface area contributed by atoms with Crippen LogP contribution < -0.4 is 5.73 Å². The van der Waals surface area contributed by atoms with Gasteiger partial charge in [0.05, 0.1) is 0 Å². The zero-order valence-electron chi connectivity index (χ0n) is 9.16. The molecule has 0 aliphatic heterocycles. The maximum absolute atomic E-state index is 11.3. The average Bonchev–Trinajstić information content (AvgIpc) is 1.96. The van der Waals surface area contributed by atoms with E-state index < -0.39 is 17.6 Å². The van der Waals surface area contributed by atoms with Crippen molar-refractivity contribution in [2.45, 2.75) is 32.8 Å². The molecule has 0 aromatic heterocycles. The molecular weight excluding hydrogens is 184 g/mol. The van der Waals surface area contributed by atoms with E-state index in [9.17, 15) is 9.59 Å². The Balaban J connectivity index is 3.94. The van der Waals surface area contributed by atoms with E-state index in [1.807, 2.05) is 0 Å². The van der Waals surface area contributed by atoms with Crippen molar-refractivity contribution >= 4 is 12.0 Å². The van der Waals surface area contributed by atoms with Crippen molar-refractivity contribution in [3.05, 3.63) is 0 Å². The lowest BCUT2D eigenvalue weighted by molar-refractivity contribution is -0.118. The Morgan fingerprint density at radius 1 is 1.36 bits per heavy atom. The normalized spacial score (nSPS) is 10.9. The van der Waals surface area contributed by atoms with Gasteiger partial charge in [-0.3, -0.25) is 4.79 Å². The number of carbonyl (C=O) groups excluding carboxylic acids is 2. The smallest absolute Gasteiger partial charge is 0.410 e. The molecular formula is C9H18N2O3. The molecule has 2 N–H and O–H groups in total. The molecule has 0 aromatic rings. The van der Waals surface area contributed by atoms with Crippen LogP contribution >= 0.6 is 0 Å². The molecule has 0 fully saturated rings. The predicted octanol–water partition coefficient (Wildman–Crippen LogP) is 0.729. The summed E-state index contributed by atoms with van der Waals surface area (Å²) in [4.78, 5) is 23.1. The molecule has 0 spiro atoms. The van der Waals surface area contributed by atoms with Crippen LogP contribution in [0, 0.1) is 0 Å². The van der Waals surface area contributed by atoms with Crippen molar-refractivity contribution in [2.24, 2.45) is 5.73 Å². The third-order valence-electron chi connectivity index (χ3n) is 1.40. The van der Waals surface area contributed by atoms with Crippen LogP contribution in [0.2, 0.25) is 0 Å². The Morgan fingerprint density at radius 3 is 2.21 bits per heavy atom. The minimum Gasteiger partial charge on any atom is -0.444 e. The van der Waals surface area contributed by atoms with E-state index in [4.69, 9.17) is 10.5 Å². The van der Waals surface area contributed by atoms with Gasteiger partial charge in [0.25, 0.3) is 0 Å². The number of rotatable bonds is 3. The molecule has 5 heteroatoms. The van der Waals surface area contributed by atoms with E-state index in [1.165, 1.54) is 4.90 Å². The Kier molecular flexibility index (Phi) is 4.40. The number of nitrogens with two attached hydrogens (primary N) is 1. The standard InChI is InChI=1S/C9H18N2O3/c1-9(2,3)14-8(13)11(4)6-5-7(10)12/h5-6H2,1-4H3,(H2,10,12). The van der Waals surface area contributed by atoms with E-state index in [-0.39, 0.29) is 13.0 Å². The Hall–Kier alpha value is -1.26. The minimum atomic E-state index is -0.516. The lowest BCUT2D eigenvalue weighted by Crippen LogP contribution is -2.35. The van der Waals surface area contributed by atoms with Crippen LogP contribution in [0.3, 0.4) is 0 Å². The number of hydrogen-bond donors (Lipinski definition) is 1. The molecule has 5 nitrogen and oxygen atoms in total. The SMILES string of the molecule is CN(CCC(N)=O)C(=O)OC(C)(C)C. The van der Waals surface area contributed by atoms with E-state index >= 15 is 0 Å². The summed E-state index contributed by atoms with van der Waals surface area (Å²) in [6.45, 7) is 5.64. The van der Waals surface area contributed by atoms with Crippen molar-refractivity contribution in [1.29, 1.82) is 0 Å². The van der Waals surface area contributed by atoms with Crippen molar-refractivity contribution in [1.82, 2.24) is 4.90 Å². The zero-order valence-corrected chi connectivity index (χ0v) is 9.16. The fraction of sp³-hybridized carbons (Fsp3) is 0.778. The molecule has 0 heterocycles. The van der Waals surface area contributed by atoms with Crippen molar-refractivity contribution in [3.8, 4) is 0 Å². The number of ether oxygens (including phenoxy) is 1. The van der Waals surface area contributed by atoms with Crippen LogP contribution in [0.15, 0.2) is 0 Å². The second-order valence-electron chi connectivity index (χ2n) is 4.12. The third-order valence-corrected chi connectivity index (χ3v) is 1.40. The summed E-state index contributed by atoms with van der Waals surface area (Å²) < 4.78 is 5.07. The van der Waals surface area contributed by atoms with Gasteiger partial charge in [-0.15, -0.1) is 0 Å². The first kappa shape index (κ1) is 12.7. The first-order valence-corrected chi connectivity index (χ1v) is 4.45. The first-order chi connectivity index (χ1) is 6.22. The Morgan fingerprint density at radius 2 is 1.86 bits per heavy atom. The summed E-state index contributed by atoms with van der Waals surface area (Å²) in [5.41, 5.74) is 4.43. The molecule has 0 aliphatic rings. The largest absolute Gasteiger partial charge is 0.444 e. The molecule has 0 aliphatic carbocycles. The van der Waals surface area contributed by atoms with Gasteiger partial charge >= 0.3 is 6.09 Å². The molecule has 0 unspecified atom stereocenters. The summed E-state index contributed by atoms with van der Waals surface area (Å²) in [6, 6.07) is 0. The van der Waals surface area contributed by atoms with Crippen molar-refractivity contribution in [2.75, 3.05) is 13.6 Å². The van der Waals surface area contributed by atoms with E-state index in [0.717, 1.165) is 0 Å². The lowest BCUT2D eigenvalue weighted by atomic mass is 10.2. The zero-order chi connectivity index (χ0) is 11.4. The molecule has 0 rings (SSSR count). The van der Waals surface area contributed by atoms with E-state index in [1.54, 1.807) is 27.8 Å². The topological polar surface area (TPSA) is 72.6 Å². The van der Waals surface area contributed by atoms with Gasteiger partial charge in [0, 0.05) is 20.0 Å². The highest BCUT2D eigenvalue weighted by Crippen LogP contribution is 2.08. The Bertz CT molecular complexity index is 221. The van der Waals surface area contributed by atoms with Gasteiger partial charge in [-0.2, -0.15) is 0 Å². The summed E-state index contributed by atoms with van der Waals surface area (Å²) in [6.07, 6.45) is -0.297. The van der Waals surface area contributed by atoms with Gasteiger partial charge in [0.15, 0.2) is 0 Å². The van der Waals surface area contributed by atoms with Crippen LogP contribution in [0.4, 0.5) is 4.79 Å². The summed E-state index contributed by atoms with van der Waals surface area (Å²) in [7, 11) is 1.57. The van der Waals surface area contributed by atoms with Crippen LogP contribution in [0.5, 0.6) is 0 Å². The summed E-state index contributed by atoms with van der Waals surface area (Å²) in [5.74, 6) is -0.430. The van der Waals surface area contributed by atoms with Crippen LogP contribution in [0.1, 0.15) is 27.2 Å². The number of primary amides is 1. The second-order valence-corrected chi connectivity index (χ2v) is 4.12. The molecule has 0 radical (unpaired) electrons. The van der Waals surface area contributed by atoms with Gasteiger partial charge in [0.1, 0.15) is 5.60 Å². The molecule has 0 saturated heterocycles.